The number of aliphatic hydroxyl groups is 1. The van der Waals surface area contributed by atoms with Crippen molar-refractivity contribution < 1.29 is 9.90 Å². The number of rotatable bonds is 7. The molecule has 4 nitrogen and oxygen atoms in total. The Kier molecular flexibility index (Phi) is 7.63. The first-order valence-electron chi connectivity index (χ1n) is 4.81. The van der Waals surface area contributed by atoms with E-state index in [9.17, 15) is 4.79 Å². The third-order valence-electron chi connectivity index (χ3n) is 1.93. The van der Waals surface area contributed by atoms with E-state index < -0.39 is 0 Å². The van der Waals surface area contributed by atoms with Gasteiger partial charge >= 0.3 is 0 Å². The summed E-state index contributed by atoms with van der Waals surface area (Å²) in [5, 5.41) is 11.3. The Morgan fingerprint density at radius 3 is 2.77 bits per heavy atom. The van der Waals surface area contributed by atoms with E-state index in [2.05, 4.69) is 5.32 Å². The van der Waals surface area contributed by atoms with Crippen molar-refractivity contribution in [2.45, 2.75) is 26.2 Å². The van der Waals surface area contributed by atoms with E-state index in [1.165, 1.54) is 0 Å². The predicted molar refractivity (Wildman–Crippen MR) is 52.2 cm³/mol. The van der Waals surface area contributed by atoms with E-state index in [4.69, 9.17) is 10.8 Å². The van der Waals surface area contributed by atoms with E-state index in [0.29, 0.717) is 13.1 Å². The van der Waals surface area contributed by atoms with Crippen molar-refractivity contribution in [1.29, 1.82) is 0 Å². The van der Waals surface area contributed by atoms with Gasteiger partial charge in [-0.05, 0) is 25.8 Å². The molecule has 0 fully saturated rings. The van der Waals surface area contributed by atoms with Crippen molar-refractivity contribution in [3.63, 3.8) is 0 Å². The van der Waals surface area contributed by atoms with Crippen LogP contribution < -0.4 is 11.1 Å². The molecule has 0 aliphatic heterocycles. The fraction of sp³-hybridized carbons (Fsp3) is 0.889. The Bertz CT molecular complexity index is 140. The van der Waals surface area contributed by atoms with Crippen LogP contribution in [0.4, 0.5) is 0 Å². The van der Waals surface area contributed by atoms with E-state index >= 15 is 0 Å². The van der Waals surface area contributed by atoms with Gasteiger partial charge in [-0.15, -0.1) is 0 Å². The number of carbonyl (C=O) groups excluding carboxylic acids is 1. The van der Waals surface area contributed by atoms with Crippen molar-refractivity contribution in [3.8, 4) is 0 Å². The zero-order valence-corrected chi connectivity index (χ0v) is 8.25. The van der Waals surface area contributed by atoms with Crippen LogP contribution in [0.5, 0.6) is 0 Å². The zero-order chi connectivity index (χ0) is 10.1. The van der Waals surface area contributed by atoms with Crippen LogP contribution in [0, 0.1) is 5.92 Å². The molecular formula is C9H20N2O2. The van der Waals surface area contributed by atoms with Crippen molar-refractivity contribution in [1.82, 2.24) is 5.32 Å². The highest BCUT2D eigenvalue weighted by molar-refractivity contribution is 5.78. The average Bonchev–Trinajstić information content (AvgIpc) is 2.12. The molecule has 1 unspecified atom stereocenters. The Labute approximate surface area is 79.5 Å². The van der Waals surface area contributed by atoms with Crippen LogP contribution in [0.15, 0.2) is 0 Å². The molecule has 0 aromatic heterocycles. The number of aliphatic hydroxyl groups excluding tert-OH is 1. The van der Waals surface area contributed by atoms with E-state index in [0.717, 1.165) is 19.3 Å². The van der Waals surface area contributed by atoms with Crippen LogP contribution >= 0.6 is 0 Å². The number of nitrogens with one attached hydrogen (secondary N) is 1. The summed E-state index contributed by atoms with van der Waals surface area (Å²) in [4.78, 5) is 11.3. The highest BCUT2D eigenvalue weighted by Crippen LogP contribution is 1.99. The van der Waals surface area contributed by atoms with Gasteiger partial charge in [0.15, 0.2) is 0 Å². The van der Waals surface area contributed by atoms with Crippen LogP contribution in [-0.4, -0.2) is 30.7 Å². The predicted octanol–water partition coefficient (Wildman–Crippen LogP) is -0.140. The Balaban J connectivity index is 3.38. The van der Waals surface area contributed by atoms with Crippen molar-refractivity contribution in [2.24, 2.45) is 11.7 Å². The van der Waals surface area contributed by atoms with Crippen molar-refractivity contribution >= 4 is 5.91 Å². The molecule has 4 heteroatoms. The molecular weight excluding hydrogens is 168 g/mol. The van der Waals surface area contributed by atoms with Crippen molar-refractivity contribution in [3.05, 3.63) is 0 Å². The fourth-order valence-electron chi connectivity index (χ4n) is 1.00. The summed E-state index contributed by atoms with van der Waals surface area (Å²) in [6, 6.07) is 0. The highest BCUT2D eigenvalue weighted by Gasteiger charge is 2.09. The maximum Gasteiger partial charge on any atom is 0.222 e. The monoisotopic (exact) mass is 188 g/mol. The quantitative estimate of drug-likeness (QED) is 0.487. The molecule has 0 saturated carbocycles. The Morgan fingerprint density at radius 1 is 1.54 bits per heavy atom. The van der Waals surface area contributed by atoms with Gasteiger partial charge in [0.1, 0.15) is 0 Å². The standard InChI is InChI=1S/C9H20N2O2/c1-8(4-5-10)9(13)11-6-2-3-7-12/h8,12H,2-7,10H2,1H3,(H,11,13). The minimum absolute atomic E-state index is 0.000809. The fourth-order valence-corrected chi connectivity index (χ4v) is 1.00. The first kappa shape index (κ1) is 12.4. The molecule has 78 valence electrons. The molecule has 13 heavy (non-hydrogen) atoms. The minimum atomic E-state index is -0.000809. The molecule has 0 bridgehead atoms. The number of hydrogen-bond donors (Lipinski definition) is 3. The van der Waals surface area contributed by atoms with Gasteiger partial charge in [-0.1, -0.05) is 6.92 Å². The first-order valence-corrected chi connectivity index (χ1v) is 4.81. The lowest BCUT2D eigenvalue weighted by molar-refractivity contribution is -0.124. The van der Waals surface area contributed by atoms with Gasteiger partial charge in [-0.2, -0.15) is 0 Å². The van der Waals surface area contributed by atoms with E-state index in [-0.39, 0.29) is 18.4 Å². The van der Waals surface area contributed by atoms with Crippen LogP contribution in [0.2, 0.25) is 0 Å². The largest absolute Gasteiger partial charge is 0.396 e. The summed E-state index contributed by atoms with van der Waals surface area (Å²) in [7, 11) is 0. The molecule has 0 spiro atoms. The van der Waals surface area contributed by atoms with Gasteiger partial charge in [0.25, 0.3) is 0 Å². The van der Waals surface area contributed by atoms with Crippen LogP contribution in [-0.2, 0) is 4.79 Å². The molecule has 0 heterocycles. The zero-order valence-electron chi connectivity index (χ0n) is 8.25. The van der Waals surface area contributed by atoms with Gasteiger partial charge in [-0.25, -0.2) is 0 Å². The molecule has 0 aliphatic carbocycles. The average molecular weight is 188 g/mol. The summed E-state index contributed by atoms with van der Waals surface area (Å²) >= 11 is 0. The lowest BCUT2D eigenvalue weighted by Gasteiger charge is -2.10. The second kappa shape index (κ2) is 8.01. The second-order valence-electron chi connectivity index (χ2n) is 3.20. The van der Waals surface area contributed by atoms with Crippen LogP contribution in [0.1, 0.15) is 26.2 Å². The normalized spacial score (nSPS) is 12.5. The van der Waals surface area contributed by atoms with Crippen LogP contribution in [0.25, 0.3) is 0 Å². The van der Waals surface area contributed by atoms with Crippen molar-refractivity contribution in [2.75, 3.05) is 19.7 Å². The summed E-state index contributed by atoms with van der Waals surface area (Å²) in [5.41, 5.74) is 5.33. The molecule has 0 saturated heterocycles. The third kappa shape index (κ3) is 6.54. The lowest BCUT2D eigenvalue weighted by atomic mass is 10.1. The number of carbonyl (C=O) groups is 1. The van der Waals surface area contributed by atoms with E-state index in [1.807, 2.05) is 6.92 Å². The highest BCUT2D eigenvalue weighted by atomic mass is 16.2. The summed E-state index contributed by atoms with van der Waals surface area (Å²) in [6.45, 7) is 3.25. The molecule has 1 atom stereocenters. The van der Waals surface area contributed by atoms with Crippen LogP contribution in [0.3, 0.4) is 0 Å². The summed E-state index contributed by atoms with van der Waals surface area (Å²) < 4.78 is 0. The maximum absolute atomic E-state index is 11.3. The molecule has 0 aromatic rings. The number of amides is 1. The summed E-state index contributed by atoms with van der Waals surface area (Å²) in [5.74, 6) is 0.0579. The van der Waals surface area contributed by atoms with Gasteiger partial charge in [-0.3, -0.25) is 4.79 Å². The second-order valence-corrected chi connectivity index (χ2v) is 3.20. The molecule has 0 rings (SSSR count). The Morgan fingerprint density at radius 2 is 2.23 bits per heavy atom. The topological polar surface area (TPSA) is 75.4 Å². The van der Waals surface area contributed by atoms with Gasteiger partial charge in [0.2, 0.25) is 5.91 Å². The summed E-state index contributed by atoms with van der Waals surface area (Å²) in [6.07, 6.45) is 2.30. The number of unbranched alkanes of at least 4 members (excludes halogenated alkanes) is 1. The minimum Gasteiger partial charge on any atom is -0.396 e. The molecule has 0 aromatic carbocycles. The molecule has 0 aliphatic rings. The van der Waals surface area contributed by atoms with E-state index in [1.54, 1.807) is 0 Å². The number of nitrogens with two attached hydrogens (primary N) is 1. The van der Waals surface area contributed by atoms with Gasteiger partial charge in [0, 0.05) is 19.1 Å². The molecule has 0 radical (unpaired) electrons. The SMILES string of the molecule is CC(CCN)C(=O)NCCCCO. The number of hydrogen-bond acceptors (Lipinski definition) is 3. The Hall–Kier alpha value is -0.610. The third-order valence-corrected chi connectivity index (χ3v) is 1.93. The first-order chi connectivity index (χ1) is 6.22. The van der Waals surface area contributed by atoms with Gasteiger partial charge in [0.05, 0.1) is 0 Å². The molecule has 4 N–H and O–H groups in total. The van der Waals surface area contributed by atoms with Gasteiger partial charge < -0.3 is 16.2 Å². The maximum atomic E-state index is 11.3. The smallest absolute Gasteiger partial charge is 0.222 e. The lowest BCUT2D eigenvalue weighted by Crippen LogP contribution is -2.31. The molecule has 1 amide bonds.